The summed E-state index contributed by atoms with van der Waals surface area (Å²) in [6.45, 7) is 7.22. The van der Waals surface area contributed by atoms with Crippen LogP contribution in [0.25, 0.3) is 11.3 Å². The van der Waals surface area contributed by atoms with Crippen LogP contribution in [0, 0.1) is 6.92 Å². The van der Waals surface area contributed by atoms with Gasteiger partial charge in [-0.2, -0.15) is 0 Å². The van der Waals surface area contributed by atoms with Crippen molar-refractivity contribution < 1.29 is 9.15 Å². The molecule has 6 heteroatoms. The lowest BCUT2D eigenvalue weighted by molar-refractivity contribution is 0.358. The van der Waals surface area contributed by atoms with Crippen molar-refractivity contribution >= 4 is 5.96 Å². The van der Waals surface area contributed by atoms with Crippen molar-refractivity contribution in [1.82, 2.24) is 15.6 Å². The van der Waals surface area contributed by atoms with Crippen molar-refractivity contribution in [2.75, 3.05) is 13.7 Å². The minimum absolute atomic E-state index is 0.431. The van der Waals surface area contributed by atoms with Gasteiger partial charge < -0.3 is 19.8 Å². The molecular weight excluding hydrogens is 364 g/mol. The maximum absolute atomic E-state index is 5.84. The monoisotopic (exact) mass is 390 g/mol. The van der Waals surface area contributed by atoms with E-state index in [4.69, 9.17) is 9.15 Å². The molecule has 0 aliphatic rings. The first-order valence-electron chi connectivity index (χ1n) is 9.47. The van der Waals surface area contributed by atoms with Crippen LogP contribution in [0.4, 0.5) is 0 Å². The van der Waals surface area contributed by atoms with Crippen LogP contribution in [0.5, 0.6) is 5.75 Å². The molecule has 150 valence electrons. The minimum Gasteiger partial charge on any atom is -0.489 e. The predicted molar refractivity (Wildman–Crippen MR) is 116 cm³/mol. The average Bonchev–Trinajstić information content (AvgIpc) is 3.22. The molecule has 3 aromatic rings. The van der Waals surface area contributed by atoms with E-state index < -0.39 is 0 Å². The van der Waals surface area contributed by atoms with Crippen molar-refractivity contribution in [3.63, 3.8) is 0 Å². The second-order valence-electron chi connectivity index (χ2n) is 6.47. The summed E-state index contributed by atoms with van der Waals surface area (Å²) in [4.78, 5) is 8.60. The molecule has 1 aromatic heterocycles. The maximum atomic E-state index is 5.84. The van der Waals surface area contributed by atoms with Crippen LogP contribution in [0.1, 0.15) is 17.0 Å². The highest BCUT2D eigenvalue weighted by Crippen LogP contribution is 2.21. The Morgan fingerprint density at radius 1 is 1.14 bits per heavy atom. The topological polar surface area (TPSA) is 71.7 Å². The van der Waals surface area contributed by atoms with Crippen LogP contribution in [0.3, 0.4) is 0 Å². The number of oxazole rings is 1. The number of aliphatic imine (C=N–C) groups is 1. The number of hydrogen-bond donors (Lipinski definition) is 2. The van der Waals surface area contributed by atoms with Gasteiger partial charge in [-0.15, -0.1) is 0 Å². The number of rotatable bonds is 8. The second-order valence-corrected chi connectivity index (χ2v) is 6.47. The van der Waals surface area contributed by atoms with Crippen molar-refractivity contribution in [1.29, 1.82) is 0 Å². The molecule has 0 unspecified atom stereocenters. The first-order valence-corrected chi connectivity index (χ1v) is 9.47. The van der Waals surface area contributed by atoms with Gasteiger partial charge in [-0.1, -0.05) is 60.7 Å². The summed E-state index contributed by atoms with van der Waals surface area (Å²) in [5, 5.41) is 6.50. The zero-order valence-corrected chi connectivity index (χ0v) is 16.8. The summed E-state index contributed by atoms with van der Waals surface area (Å²) in [6.07, 6.45) is 3.47. The van der Waals surface area contributed by atoms with E-state index in [0.29, 0.717) is 31.5 Å². The van der Waals surface area contributed by atoms with Crippen LogP contribution in [-0.4, -0.2) is 24.6 Å². The standard InChI is InChI=1S/C23H26N4O2/c1-4-13-28-20-8-6-5-7-19(20)14-26-23(24-3)27-16-22-25-15-21(29-22)18-11-9-17(2)10-12-18/h4-12,15H,1,13-14,16H2,2-3H3,(H2,24,26,27). The summed E-state index contributed by atoms with van der Waals surface area (Å²) in [5.41, 5.74) is 3.25. The van der Waals surface area contributed by atoms with Gasteiger partial charge in [0.2, 0.25) is 5.89 Å². The fourth-order valence-corrected chi connectivity index (χ4v) is 2.74. The molecule has 6 nitrogen and oxygen atoms in total. The third-order valence-electron chi connectivity index (χ3n) is 4.30. The van der Waals surface area contributed by atoms with Crippen molar-refractivity contribution in [3.8, 4) is 17.1 Å². The van der Waals surface area contributed by atoms with Crippen LogP contribution in [-0.2, 0) is 13.1 Å². The van der Waals surface area contributed by atoms with E-state index in [1.165, 1.54) is 5.56 Å². The van der Waals surface area contributed by atoms with Gasteiger partial charge in [0.15, 0.2) is 11.7 Å². The fraction of sp³-hybridized carbons (Fsp3) is 0.217. The summed E-state index contributed by atoms with van der Waals surface area (Å²) < 4.78 is 11.5. The summed E-state index contributed by atoms with van der Waals surface area (Å²) in [6, 6.07) is 16.0. The molecule has 0 aliphatic heterocycles. The zero-order valence-electron chi connectivity index (χ0n) is 16.8. The number of ether oxygens (including phenoxy) is 1. The van der Waals surface area contributed by atoms with E-state index in [1.807, 2.05) is 36.4 Å². The predicted octanol–water partition coefficient (Wildman–Crippen LogP) is 4.08. The Morgan fingerprint density at radius 3 is 2.66 bits per heavy atom. The molecule has 0 atom stereocenters. The molecule has 0 fully saturated rings. The van der Waals surface area contributed by atoms with Crippen LogP contribution < -0.4 is 15.4 Å². The number of para-hydroxylation sites is 1. The highest BCUT2D eigenvalue weighted by Gasteiger charge is 2.08. The molecule has 2 aromatic carbocycles. The maximum Gasteiger partial charge on any atom is 0.214 e. The van der Waals surface area contributed by atoms with Gasteiger partial charge in [0, 0.05) is 24.7 Å². The van der Waals surface area contributed by atoms with E-state index in [-0.39, 0.29) is 0 Å². The number of aromatic nitrogens is 1. The highest BCUT2D eigenvalue weighted by atomic mass is 16.5. The molecule has 29 heavy (non-hydrogen) atoms. The smallest absolute Gasteiger partial charge is 0.214 e. The Labute approximate surface area is 171 Å². The summed E-state index contributed by atoms with van der Waals surface area (Å²) in [7, 11) is 1.72. The van der Waals surface area contributed by atoms with Crippen LogP contribution in [0.15, 0.2) is 76.8 Å². The Hall–Kier alpha value is -3.54. The van der Waals surface area contributed by atoms with E-state index in [0.717, 1.165) is 22.6 Å². The Morgan fingerprint density at radius 2 is 1.90 bits per heavy atom. The number of guanidine groups is 1. The van der Waals surface area contributed by atoms with Gasteiger partial charge in [-0.3, -0.25) is 4.99 Å². The van der Waals surface area contributed by atoms with Crippen molar-refractivity contribution in [2.24, 2.45) is 4.99 Å². The lowest BCUT2D eigenvalue weighted by Crippen LogP contribution is -2.36. The molecule has 0 aliphatic carbocycles. The van der Waals surface area contributed by atoms with Gasteiger partial charge in [0.05, 0.1) is 12.7 Å². The number of aryl methyl sites for hydroxylation is 1. The van der Waals surface area contributed by atoms with Gasteiger partial charge >= 0.3 is 0 Å². The van der Waals surface area contributed by atoms with E-state index in [2.05, 4.69) is 46.2 Å². The summed E-state index contributed by atoms with van der Waals surface area (Å²) in [5.74, 6) is 2.82. The van der Waals surface area contributed by atoms with E-state index in [9.17, 15) is 0 Å². The van der Waals surface area contributed by atoms with Gasteiger partial charge in [0.25, 0.3) is 0 Å². The zero-order chi connectivity index (χ0) is 20.5. The Bertz CT molecular complexity index is 961. The molecule has 0 spiro atoms. The number of benzene rings is 2. The van der Waals surface area contributed by atoms with Gasteiger partial charge in [-0.05, 0) is 13.0 Å². The second kappa shape index (κ2) is 10.1. The van der Waals surface area contributed by atoms with Crippen LogP contribution >= 0.6 is 0 Å². The number of hydrogen-bond acceptors (Lipinski definition) is 4. The van der Waals surface area contributed by atoms with Gasteiger partial charge in [0.1, 0.15) is 12.4 Å². The minimum atomic E-state index is 0.431. The highest BCUT2D eigenvalue weighted by molar-refractivity contribution is 5.79. The first-order chi connectivity index (χ1) is 14.2. The molecule has 0 saturated heterocycles. The molecule has 0 radical (unpaired) electrons. The molecule has 0 saturated carbocycles. The Balaban J connectivity index is 1.55. The van der Waals surface area contributed by atoms with E-state index in [1.54, 1.807) is 19.3 Å². The third-order valence-corrected chi connectivity index (χ3v) is 4.30. The Kier molecular flexibility index (Phi) is 7.05. The molecule has 0 amide bonds. The van der Waals surface area contributed by atoms with Gasteiger partial charge in [-0.25, -0.2) is 4.98 Å². The van der Waals surface area contributed by atoms with Crippen molar-refractivity contribution in [3.05, 3.63) is 84.4 Å². The molecular formula is C23H26N4O2. The molecule has 1 heterocycles. The lowest BCUT2D eigenvalue weighted by atomic mass is 10.1. The molecule has 2 N–H and O–H groups in total. The van der Waals surface area contributed by atoms with Crippen LogP contribution in [0.2, 0.25) is 0 Å². The van der Waals surface area contributed by atoms with Crippen molar-refractivity contribution in [2.45, 2.75) is 20.0 Å². The number of nitrogens with zero attached hydrogens (tertiary/aromatic N) is 2. The normalized spacial score (nSPS) is 11.2. The quantitative estimate of drug-likeness (QED) is 0.344. The lowest BCUT2D eigenvalue weighted by Gasteiger charge is -2.13. The number of nitrogens with one attached hydrogen (secondary N) is 2. The largest absolute Gasteiger partial charge is 0.489 e. The average molecular weight is 390 g/mol. The third kappa shape index (κ3) is 5.72. The molecule has 0 bridgehead atoms. The molecule has 3 rings (SSSR count). The SMILES string of the molecule is C=CCOc1ccccc1CNC(=NC)NCc1ncc(-c2ccc(C)cc2)o1. The fourth-order valence-electron chi connectivity index (χ4n) is 2.74. The van der Waals surface area contributed by atoms with E-state index >= 15 is 0 Å². The summed E-state index contributed by atoms with van der Waals surface area (Å²) >= 11 is 0. The first kappa shape index (κ1) is 20.2.